The molecule has 0 bridgehead atoms. The van der Waals surface area contributed by atoms with Crippen LogP contribution in [-0.4, -0.2) is 72.0 Å². The van der Waals surface area contributed by atoms with E-state index >= 15 is 0 Å². The summed E-state index contributed by atoms with van der Waals surface area (Å²) >= 11 is 1.65. The Morgan fingerprint density at radius 2 is 1.96 bits per heavy atom. The second-order valence-electron chi connectivity index (χ2n) is 7.88. The topological polar surface area (TPSA) is 52.6 Å². The molecule has 1 amide bonds. The fourth-order valence-corrected chi connectivity index (χ4v) is 5.04. The van der Waals surface area contributed by atoms with Crippen LogP contribution in [0, 0.1) is 5.92 Å². The van der Waals surface area contributed by atoms with Crippen LogP contribution < -0.4 is 4.90 Å². The van der Waals surface area contributed by atoms with E-state index in [-0.39, 0.29) is 5.91 Å². The van der Waals surface area contributed by atoms with Gasteiger partial charge in [0.05, 0.1) is 11.9 Å². The molecule has 0 radical (unpaired) electrons. The zero-order chi connectivity index (χ0) is 18.6. The van der Waals surface area contributed by atoms with Gasteiger partial charge in [-0.1, -0.05) is 19.3 Å². The number of hydrogen-bond donors (Lipinski definition) is 0. The third kappa shape index (κ3) is 4.41. The van der Waals surface area contributed by atoms with Crippen LogP contribution in [0.15, 0.2) is 17.8 Å². The minimum atomic E-state index is 0.260. The van der Waals surface area contributed by atoms with Crippen LogP contribution in [-0.2, 0) is 4.79 Å². The molecule has 2 fully saturated rings. The third-order valence-electron chi connectivity index (χ3n) is 5.95. The maximum atomic E-state index is 12.6. The molecule has 6 nitrogen and oxygen atoms in total. The van der Waals surface area contributed by atoms with Gasteiger partial charge < -0.3 is 9.80 Å². The Bertz CT molecular complexity index is 765. The van der Waals surface area contributed by atoms with E-state index in [1.54, 1.807) is 17.7 Å². The molecule has 2 aromatic rings. The zero-order valence-electron chi connectivity index (χ0n) is 16.1. The minimum absolute atomic E-state index is 0.260. The van der Waals surface area contributed by atoms with Crippen LogP contribution >= 0.6 is 11.3 Å². The van der Waals surface area contributed by atoms with E-state index in [2.05, 4.69) is 31.2 Å². The van der Waals surface area contributed by atoms with Gasteiger partial charge in [0, 0.05) is 39.8 Å². The molecule has 0 unspecified atom stereocenters. The molecule has 0 N–H and O–H groups in total. The number of carbonyl (C=O) groups is 1. The Balaban J connectivity index is 1.27. The summed E-state index contributed by atoms with van der Waals surface area (Å²) in [6.07, 6.45) is 8.25. The fraction of sp³-hybridized carbons (Fsp3) is 0.650. The molecule has 146 valence electrons. The van der Waals surface area contributed by atoms with Crippen molar-refractivity contribution in [3.8, 4) is 0 Å². The lowest BCUT2D eigenvalue weighted by Crippen LogP contribution is -2.50. The van der Waals surface area contributed by atoms with Gasteiger partial charge in [-0.05, 0) is 30.2 Å². The highest BCUT2D eigenvalue weighted by Crippen LogP contribution is 2.27. The van der Waals surface area contributed by atoms with E-state index in [0.717, 1.165) is 48.8 Å². The zero-order valence-corrected chi connectivity index (χ0v) is 17.0. The molecule has 0 atom stereocenters. The van der Waals surface area contributed by atoms with Crippen molar-refractivity contribution >= 4 is 33.3 Å². The third-order valence-corrected chi connectivity index (χ3v) is 6.77. The monoisotopic (exact) mass is 387 g/mol. The van der Waals surface area contributed by atoms with Crippen molar-refractivity contribution in [2.45, 2.75) is 32.1 Å². The molecular weight excluding hydrogens is 358 g/mol. The number of carbonyl (C=O) groups excluding carboxylic acids is 1. The first kappa shape index (κ1) is 18.6. The molecule has 1 saturated heterocycles. The predicted molar refractivity (Wildman–Crippen MR) is 110 cm³/mol. The fourth-order valence-electron chi connectivity index (χ4n) is 4.32. The van der Waals surface area contributed by atoms with Gasteiger partial charge in [0.1, 0.15) is 17.0 Å². The average molecular weight is 388 g/mol. The SMILES string of the molecule is CN(CC1CCCCC1)C(=O)CN1CCN(c2ncnc3sccc23)CC1. The number of aromatic nitrogens is 2. The summed E-state index contributed by atoms with van der Waals surface area (Å²) in [5, 5.41) is 3.21. The summed E-state index contributed by atoms with van der Waals surface area (Å²) in [7, 11) is 1.97. The first-order chi connectivity index (χ1) is 13.2. The molecule has 4 rings (SSSR count). The number of piperazine rings is 1. The number of anilines is 1. The normalized spacial score (nSPS) is 19.5. The Morgan fingerprint density at radius 3 is 2.74 bits per heavy atom. The van der Waals surface area contributed by atoms with E-state index in [0.29, 0.717) is 12.5 Å². The van der Waals surface area contributed by atoms with Crippen molar-refractivity contribution in [3.63, 3.8) is 0 Å². The Morgan fingerprint density at radius 1 is 1.19 bits per heavy atom. The van der Waals surface area contributed by atoms with Gasteiger partial charge in [0.2, 0.25) is 5.91 Å². The second kappa shape index (κ2) is 8.52. The van der Waals surface area contributed by atoms with Gasteiger partial charge in [-0.3, -0.25) is 9.69 Å². The van der Waals surface area contributed by atoms with Crippen LogP contribution in [0.25, 0.3) is 10.2 Å². The molecule has 0 aromatic carbocycles. The van der Waals surface area contributed by atoms with E-state index in [4.69, 9.17) is 0 Å². The number of fused-ring (bicyclic) bond motifs is 1. The van der Waals surface area contributed by atoms with Crippen molar-refractivity contribution < 1.29 is 4.79 Å². The lowest BCUT2D eigenvalue weighted by atomic mass is 9.89. The molecule has 7 heteroatoms. The minimum Gasteiger partial charge on any atom is -0.353 e. The number of likely N-dealkylation sites (N-methyl/N-ethyl adjacent to an activating group) is 1. The molecule has 3 heterocycles. The van der Waals surface area contributed by atoms with Crippen LogP contribution in [0.5, 0.6) is 0 Å². The van der Waals surface area contributed by atoms with Crippen LogP contribution in [0.1, 0.15) is 32.1 Å². The summed E-state index contributed by atoms with van der Waals surface area (Å²) in [5.41, 5.74) is 0. The lowest BCUT2D eigenvalue weighted by Gasteiger charge is -2.36. The summed E-state index contributed by atoms with van der Waals surface area (Å²) in [6, 6.07) is 2.10. The van der Waals surface area contributed by atoms with E-state index in [1.165, 1.54) is 32.1 Å². The molecule has 1 aliphatic carbocycles. The predicted octanol–water partition coefficient (Wildman–Crippen LogP) is 2.85. The number of nitrogens with zero attached hydrogens (tertiary/aromatic N) is 5. The van der Waals surface area contributed by atoms with Gasteiger partial charge in [-0.25, -0.2) is 9.97 Å². The highest BCUT2D eigenvalue weighted by molar-refractivity contribution is 7.16. The van der Waals surface area contributed by atoms with Crippen molar-refractivity contribution in [1.29, 1.82) is 0 Å². The Hall–Kier alpha value is -1.73. The number of amides is 1. The number of thiophene rings is 1. The summed E-state index contributed by atoms with van der Waals surface area (Å²) in [6.45, 7) is 5.07. The lowest BCUT2D eigenvalue weighted by molar-refractivity contribution is -0.131. The van der Waals surface area contributed by atoms with Crippen molar-refractivity contribution in [3.05, 3.63) is 17.8 Å². The number of hydrogen-bond acceptors (Lipinski definition) is 6. The second-order valence-corrected chi connectivity index (χ2v) is 8.77. The molecular formula is C20H29N5OS. The molecule has 1 aliphatic heterocycles. The van der Waals surface area contributed by atoms with Crippen molar-refractivity contribution in [2.75, 3.05) is 51.2 Å². The largest absolute Gasteiger partial charge is 0.353 e. The van der Waals surface area contributed by atoms with Gasteiger partial charge in [-0.15, -0.1) is 11.3 Å². The maximum absolute atomic E-state index is 12.6. The molecule has 2 aliphatic rings. The van der Waals surface area contributed by atoms with Crippen LogP contribution in [0.4, 0.5) is 5.82 Å². The van der Waals surface area contributed by atoms with E-state index in [9.17, 15) is 4.79 Å². The van der Waals surface area contributed by atoms with Gasteiger partial charge in [0.15, 0.2) is 0 Å². The van der Waals surface area contributed by atoms with Gasteiger partial charge in [0.25, 0.3) is 0 Å². The Kier molecular flexibility index (Phi) is 5.88. The van der Waals surface area contributed by atoms with Crippen LogP contribution in [0.2, 0.25) is 0 Å². The maximum Gasteiger partial charge on any atom is 0.236 e. The Labute approximate surface area is 165 Å². The first-order valence-electron chi connectivity index (χ1n) is 10.1. The molecule has 1 saturated carbocycles. The highest BCUT2D eigenvalue weighted by atomic mass is 32.1. The standard InChI is InChI=1S/C20H29N5OS/c1-23(13-16-5-3-2-4-6-16)18(26)14-24-8-10-25(11-9-24)19-17-7-12-27-20(17)22-15-21-19/h7,12,15-16H,2-6,8-11,13-14H2,1H3. The smallest absolute Gasteiger partial charge is 0.236 e. The molecule has 2 aromatic heterocycles. The summed E-state index contributed by atoms with van der Waals surface area (Å²) in [4.78, 5) is 29.1. The van der Waals surface area contributed by atoms with E-state index < -0.39 is 0 Å². The molecule has 27 heavy (non-hydrogen) atoms. The van der Waals surface area contributed by atoms with Gasteiger partial charge >= 0.3 is 0 Å². The number of rotatable bonds is 5. The summed E-state index contributed by atoms with van der Waals surface area (Å²) < 4.78 is 0. The highest BCUT2D eigenvalue weighted by Gasteiger charge is 2.24. The van der Waals surface area contributed by atoms with Crippen molar-refractivity contribution in [2.24, 2.45) is 5.92 Å². The first-order valence-corrected chi connectivity index (χ1v) is 11.0. The average Bonchev–Trinajstić information content (AvgIpc) is 3.18. The molecule has 0 spiro atoms. The van der Waals surface area contributed by atoms with E-state index in [1.807, 2.05) is 11.9 Å². The van der Waals surface area contributed by atoms with Gasteiger partial charge in [-0.2, -0.15) is 0 Å². The quantitative estimate of drug-likeness (QED) is 0.790. The van der Waals surface area contributed by atoms with Crippen LogP contribution in [0.3, 0.4) is 0 Å². The van der Waals surface area contributed by atoms with Crippen molar-refractivity contribution in [1.82, 2.24) is 19.8 Å². The summed E-state index contributed by atoms with van der Waals surface area (Å²) in [5.74, 6) is 1.99.